The lowest BCUT2D eigenvalue weighted by atomic mass is 10.0. The van der Waals surface area contributed by atoms with E-state index >= 15 is 0 Å². The van der Waals surface area contributed by atoms with Crippen molar-refractivity contribution in [3.8, 4) is 5.75 Å². The number of nitrogens with zero attached hydrogens (tertiary/aromatic N) is 1. The van der Waals surface area contributed by atoms with Crippen molar-refractivity contribution >= 4 is 29.1 Å². The smallest absolute Gasteiger partial charge is 0.251 e. The number of amides is 2. The lowest BCUT2D eigenvalue weighted by Crippen LogP contribution is -2.41. The fraction of sp³-hybridized carbons (Fsp3) is 0.133. The van der Waals surface area contributed by atoms with E-state index in [1.165, 1.54) is 0 Å². The number of rotatable bonds is 9. The number of anilines is 1. The first-order valence-corrected chi connectivity index (χ1v) is 12.0. The second kappa shape index (κ2) is 12.0. The van der Waals surface area contributed by atoms with E-state index in [2.05, 4.69) is 5.32 Å². The number of carbonyl (C=O) groups is 2. The summed E-state index contributed by atoms with van der Waals surface area (Å²) in [6.07, 6.45) is 0.174. The van der Waals surface area contributed by atoms with Gasteiger partial charge in [-0.05, 0) is 53.1 Å². The van der Waals surface area contributed by atoms with Gasteiger partial charge in [0.1, 0.15) is 11.8 Å². The molecule has 0 spiro atoms. The Bertz CT molecular complexity index is 1280. The summed E-state index contributed by atoms with van der Waals surface area (Å²) in [5.41, 5.74) is 3.09. The first-order chi connectivity index (χ1) is 17.5. The Labute approximate surface area is 216 Å². The normalized spacial score (nSPS) is 11.4. The minimum absolute atomic E-state index is 0.158. The number of nitrogens with one attached hydrogen (secondary N) is 1. The highest BCUT2D eigenvalue weighted by Crippen LogP contribution is 2.27. The van der Waals surface area contributed by atoms with E-state index in [1.54, 1.807) is 48.4 Å². The van der Waals surface area contributed by atoms with Crippen LogP contribution in [0.1, 0.15) is 22.7 Å². The van der Waals surface area contributed by atoms with Crippen molar-refractivity contribution in [3.63, 3.8) is 0 Å². The average molecular weight is 499 g/mol. The molecule has 1 N–H and O–H groups in total. The van der Waals surface area contributed by atoms with Crippen molar-refractivity contribution < 1.29 is 14.3 Å². The van der Waals surface area contributed by atoms with E-state index in [0.717, 1.165) is 16.7 Å². The summed E-state index contributed by atoms with van der Waals surface area (Å²) in [5, 5.41) is 3.59. The molecule has 5 nitrogen and oxygen atoms in total. The minimum Gasteiger partial charge on any atom is -0.497 e. The Morgan fingerprint density at radius 1 is 0.806 bits per heavy atom. The molecule has 0 fully saturated rings. The monoisotopic (exact) mass is 498 g/mol. The lowest BCUT2D eigenvalue weighted by Gasteiger charge is -2.32. The van der Waals surface area contributed by atoms with Gasteiger partial charge in [-0.25, -0.2) is 0 Å². The fourth-order valence-electron chi connectivity index (χ4n) is 3.98. The van der Waals surface area contributed by atoms with E-state index in [9.17, 15) is 9.59 Å². The van der Waals surface area contributed by atoms with Crippen LogP contribution in [0.15, 0.2) is 109 Å². The molecule has 0 heterocycles. The van der Waals surface area contributed by atoms with E-state index in [0.29, 0.717) is 16.5 Å². The average Bonchev–Trinajstić information content (AvgIpc) is 2.91. The van der Waals surface area contributed by atoms with Gasteiger partial charge in [-0.3, -0.25) is 9.59 Å². The maximum absolute atomic E-state index is 13.8. The molecule has 36 heavy (non-hydrogen) atoms. The number of benzene rings is 4. The molecule has 0 aromatic heterocycles. The Morgan fingerprint density at radius 3 is 2.03 bits per heavy atom. The predicted octanol–water partition coefficient (Wildman–Crippen LogP) is 6.30. The zero-order valence-corrected chi connectivity index (χ0v) is 20.7. The molecular formula is C30H27ClN2O3. The summed E-state index contributed by atoms with van der Waals surface area (Å²) in [6, 6.07) is 32.4. The molecule has 4 aromatic rings. The molecule has 182 valence electrons. The Kier molecular flexibility index (Phi) is 8.37. The van der Waals surface area contributed by atoms with Gasteiger partial charge in [-0.2, -0.15) is 0 Å². The van der Waals surface area contributed by atoms with Gasteiger partial charge in [-0.15, -0.1) is 0 Å². The molecule has 0 aliphatic heterocycles. The highest BCUT2D eigenvalue weighted by Gasteiger charge is 2.31. The van der Waals surface area contributed by atoms with Gasteiger partial charge >= 0.3 is 0 Å². The van der Waals surface area contributed by atoms with Crippen molar-refractivity contribution in [2.45, 2.75) is 19.0 Å². The number of carbonyl (C=O) groups excluding carboxylic acids is 2. The zero-order valence-electron chi connectivity index (χ0n) is 19.9. The van der Waals surface area contributed by atoms with Gasteiger partial charge < -0.3 is 15.0 Å². The third-order valence-electron chi connectivity index (χ3n) is 5.82. The summed E-state index contributed by atoms with van der Waals surface area (Å²) in [5.74, 6) is 0.228. The van der Waals surface area contributed by atoms with Crippen LogP contribution in [0.3, 0.4) is 0 Å². The molecule has 0 aliphatic carbocycles. The SMILES string of the molecule is COc1ccc(NC(=O)C(c2ccccc2)N(Cc2ccc(Cl)cc2)C(=O)Cc2ccccc2)cc1. The summed E-state index contributed by atoms with van der Waals surface area (Å²) < 4.78 is 5.22. The highest BCUT2D eigenvalue weighted by atomic mass is 35.5. The van der Waals surface area contributed by atoms with Crippen molar-refractivity contribution in [2.75, 3.05) is 12.4 Å². The van der Waals surface area contributed by atoms with Crippen LogP contribution >= 0.6 is 11.6 Å². The Morgan fingerprint density at radius 2 is 1.42 bits per heavy atom. The predicted molar refractivity (Wildman–Crippen MR) is 143 cm³/mol. The van der Waals surface area contributed by atoms with Crippen LogP contribution in [0.2, 0.25) is 5.02 Å². The standard InChI is InChI=1S/C30H27ClN2O3/c1-36-27-18-16-26(17-19-27)32-30(35)29(24-10-6-3-7-11-24)33(21-23-12-14-25(31)15-13-23)28(34)20-22-8-4-2-5-9-22/h2-19,29H,20-21H2,1H3,(H,32,35). The molecule has 4 rings (SSSR count). The van der Waals surface area contributed by atoms with Gasteiger partial charge in [0.15, 0.2) is 0 Å². The summed E-state index contributed by atoms with van der Waals surface area (Å²) in [4.78, 5) is 29.1. The summed E-state index contributed by atoms with van der Waals surface area (Å²) in [6.45, 7) is 0.248. The van der Waals surface area contributed by atoms with E-state index in [1.807, 2.05) is 72.8 Å². The molecule has 1 unspecified atom stereocenters. The van der Waals surface area contributed by atoms with E-state index < -0.39 is 6.04 Å². The highest BCUT2D eigenvalue weighted by molar-refractivity contribution is 6.30. The maximum atomic E-state index is 13.8. The largest absolute Gasteiger partial charge is 0.497 e. The van der Waals surface area contributed by atoms with Gasteiger partial charge in [0.25, 0.3) is 5.91 Å². The van der Waals surface area contributed by atoms with Crippen LogP contribution in [0.5, 0.6) is 5.75 Å². The van der Waals surface area contributed by atoms with Crippen molar-refractivity contribution in [3.05, 3.63) is 131 Å². The molecule has 0 saturated carbocycles. The first kappa shape index (κ1) is 25.0. The Balaban J connectivity index is 1.70. The fourth-order valence-corrected chi connectivity index (χ4v) is 4.10. The Hall–Kier alpha value is -4.09. The summed E-state index contributed by atoms with van der Waals surface area (Å²) in [7, 11) is 1.59. The second-order valence-corrected chi connectivity index (χ2v) is 8.78. The minimum atomic E-state index is -0.847. The van der Waals surface area contributed by atoms with Gasteiger partial charge in [0, 0.05) is 17.3 Å². The molecule has 0 bridgehead atoms. The quantitative estimate of drug-likeness (QED) is 0.294. The van der Waals surface area contributed by atoms with Crippen molar-refractivity contribution in [1.82, 2.24) is 4.90 Å². The van der Waals surface area contributed by atoms with Gasteiger partial charge in [-0.1, -0.05) is 84.4 Å². The molecule has 0 saturated heterocycles. The van der Waals surface area contributed by atoms with Gasteiger partial charge in [0.05, 0.1) is 13.5 Å². The number of hydrogen-bond acceptors (Lipinski definition) is 3. The number of methoxy groups -OCH3 is 1. The molecular weight excluding hydrogens is 472 g/mol. The van der Waals surface area contributed by atoms with Crippen molar-refractivity contribution in [2.24, 2.45) is 0 Å². The number of halogens is 1. The second-order valence-electron chi connectivity index (χ2n) is 8.34. The molecule has 2 amide bonds. The van der Waals surface area contributed by atoms with E-state index in [4.69, 9.17) is 16.3 Å². The third kappa shape index (κ3) is 6.52. The van der Waals surface area contributed by atoms with E-state index in [-0.39, 0.29) is 24.8 Å². The van der Waals surface area contributed by atoms with Crippen LogP contribution in [0.4, 0.5) is 5.69 Å². The molecule has 0 radical (unpaired) electrons. The van der Waals surface area contributed by atoms with Gasteiger partial charge in [0.2, 0.25) is 5.91 Å². The van der Waals surface area contributed by atoms with Crippen LogP contribution in [-0.2, 0) is 22.6 Å². The molecule has 0 aliphatic rings. The topological polar surface area (TPSA) is 58.6 Å². The van der Waals surface area contributed by atoms with Crippen LogP contribution < -0.4 is 10.1 Å². The number of ether oxygens (including phenoxy) is 1. The third-order valence-corrected chi connectivity index (χ3v) is 6.07. The zero-order chi connectivity index (χ0) is 25.3. The maximum Gasteiger partial charge on any atom is 0.251 e. The first-order valence-electron chi connectivity index (χ1n) is 11.6. The van der Waals surface area contributed by atoms with Crippen LogP contribution in [0.25, 0.3) is 0 Å². The lowest BCUT2D eigenvalue weighted by molar-refractivity contribution is -0.139. The van der Waals surface area contributed by atoms with Crippen LogP contribution in [-0.4, -0.2) is 23.8 Å². The summed E-state index contributed by atoms with van der Waals surface area (Å²) >= 11 is 6.09. The number of hydrogen-bond donors (Lipinski definition) is 1. The van der Waals surface area contributed by atoms with Crippen LogP contribution in [0, 0.1) is 0 Å². The van der Waals surface area contributed by atoms with Crippen molar-refractivity contribution in [1.29, 1.82) is 0 Å². The molecule has 4 aromatic carbocycles. The molecule has 1 atom stereocenters. The molecule has 6 heteroatoms.